The van der Waals surface area contributed by atoms with Gasteiger partial charge in [-0.15, -0.1) is 0 Å². The Morgan fingerprint density at radius 1 is 1.35 bits per heavy atom. The van der Waals surface area contributed by atoms with Gasteiger partial charge in [-0.25, -0.2) is 0 Å². The van der Waals surface area contributed by atoms with E-state index in [9.17, 15) is 0 Å². The van der Waals surface area contributed by atoms with E-state index in [1.165, 1.54) is 36.8 Å². The molecular weight excluding hydrogens is 246 g/mol. The molecule has 0 saturated heterocycles. The molecule has 112 valence electrons. The molecule has 1 aromatic carbocycles. The van der Waals surface area contributed by atoms with Gasteiger partial charge in [0.05, 0.1) is 6.61 Å². The van der Waals surface area contributed by atoms with Crippen LogP contribution in [0.5, 0.6) is 0 Å². The van der Waals surface area contributed by atoms with E-state index >= 15 is 0 Å². The number of rotatable bonds is 6. The Hall–Kier alpha value is -0.860. The fourth-order valence-corrected chi connectivity index (χ4v) is 3.38. The molecule has 0 radical (unpaired) electrons. The third-order valence-electron chi connectivity index (χ3n) is 4.59. The number of hydrogen-bond donors (Lipinski definition) is 1. The fourth-order valence-electron chi connectivity index (χ4n) is 3.38. The van der Waals surface area contributed by atoms with Crippen LogP contribution in [0.25, 0.3) is 0 Å². The lowest BCUT2D eigenvalue weighted by Crippen LogP contribution is -2.44. The summed E-state index contributed by atoms with van der Waals surface area (Å²) in [6.45, 7) is 7.81. The lowest BCUT2D eigenvalue weighted by atomic mass is 9.70. The van der Waals surface area contributed by atoms with Crippen molar-refractivity contribution in [3.63, 3.8) is 0 Å². The first-order valence-corrected chi connectivity index (χ1v) is 7.91. The summed E-state index contributed by atoms with van der Waals surface area (Å²) in [4.78, 5) is 0. The Bertz CT molecular complexity index is 421. The SMILES string of the molecule is CCCC(COC)NC1c2ccccc2CCC1(C)C. The predicted octanol–water partition coefficient (Wildman–Crippen LogP) is 4.10. The predicted molar refractivity (Wildman–Crippen MR) is 85.0 cm³/mol. The first kappa shape index (κ1) is 15.5. The molecule has 1 aliphatic carbocycles. The van der Waals surface area contributed by atoms with Gasteiger partial charge < -0.3 is 10.1 Å². The van der Waals surface area contributed by atoms with Crippen LogP contribution in [0.4, 0.5) is 0 Å². The van der Waals surface area contributed by atoms with Crippen LogP contribution >= 0.6 is 0 Å². The van der Waals surface area contributed by atoms with Crippen molar-refractivity contribution in [2.24, 2.45) is 5.41 Å². The third-order valence-corrected chi connectivity index (χ3v) is 4.59. The highest BCUT2D eigenvalue weighted by Crippen LogP contribution is 2.43. The van der Waals surface area contributed by atoms with Gasteiger partial charge in [0.15, 0.2) is 0 Å². The molecule has 20 heavy (non-hydrogen) atoms. The highest BCUT2D eigenvalue weighted by molar-refractivity contribution is 5.34. The average Bonchev–Trinajstić information content (AvgIpc) is 2.42. The minimum Gasteiger partial charge on any atom is -0.383 e. The summed E-state index contributed by atoms with van der Waals surface area (Å²) in [5.41, 5.74) is 3.30. The standard InChI is InChI=1S/C18H29NO/c1-5-8-15(13-20-4)19-17-16-10-7-6-9-14(16)11-12-18(17,2)3/h6-7,9-10,15,17,19H,5,8,11-13H2,1-4H3. The van der Waals surface area contributed by atoms with E-state index in [2.05, 4.69) is 50.4 Å². The van der Waals surface area contributed by atoms with Crippen molar-refractivity contribution < 1.29 is 4.74 Å². The monoisotopic (exact) mass is 275 g/mol. The first-order chi connectivity index (χ1) is 9.58. The molecule has 0 aliphatic heterocycles. The second kappa shape index (κ2) is 6.73. The number of hydrogen-bond acceptors (Lipinski definition) is 2. The molecule has 0 bridgehead atoms. The van der Waals surface area contributed by atoms with Crippen molar-refractivity contribution in [2.75, 3.05) is 13.7 Å². The largest absolute Gasteiger partial charge is 0.383 e. The van der Waals surface area contributed by atoms with Crippen molar-refractivity contribution >= 4 is 0 Å². The summed E-state index contributed by atoms with van der Waals surface area (Å²) in [5, 5.41) is 3.88. The second-order valence-corrected chi connectivity index (χ2v) is 6.73. The van der Waals surface area contributed by atoms with E-state index in [1.807, 2.05) is 0 Å². The van der Waals surface area contributed by atoms with E-state index in [1.54, 1.807) is 7.11 Å². The molecule has 0 spiro atoms. The molecule has 0 aromatic heterocycles. The molecule has 2 unspecified atom stereocenters. The average molecular weight is 275 g/mol. The van der Waals surface area contributed by atoms with Crippen LogP contribution in [0.15, 0.2) is 24.3 Å². The summed E-state index contributed by atoms with van der Waals surface area (Å²) < 4.78 is 5.39. The van der Waals surface area contributed by atoms with Gasteiger partial charge >= 0.3 is 0 Å². The van der Waals surface area contributed by atoms with Gasteiger partial charge in [-0.1, -0.05) is 51.5 Å². The molecule has 2 rings (SSSR count). The van der Waals surface area contributed by atoms with Crippen molar-refractivity contribution in [1.29, 1.82) is 0 Å². The number of fused-ring (bicyclic) bond motifs is 1. The van der Waals surface area contributed by atoms with Crippen molar-refractivity contribution in [2.45, 2.75) is 58.5 Å². The smallest absolute Gasteiger partial charge is 0.0616 e. The van der Waals surface area contributed by atoms with Gasteiger partial charge in [0.2, 0.25) is 0 Å². The molecule has 2 nitrogen and oxygen atoms in total. The molecule has 2 atom stereocenters. The maximum atomic E-state index is 5.39. The van der Waals surface area contributed by atoms with Crippen molar-refractivity contribution in [1.82, 2.24) is 5.32 Å². The van der Waals surface area contributed by atoms with Crippen LogP contribution in [-0.4, -0.2) is 19.8 Å². The van der Waals surface area contributed by atoms with Crippen LogP contribution in [-0.2, 0) is 11.2 Å². The Balaban J connectivity index is 2.22. The molecule has 1 aromatic rings. The van der Waals surface area contributed by atoms with E-state index in [-0.39, 0.29) is 0 Å². The van der Waals surface area contributed by atoms with Crippen LogP contribution in [0.3, 0.4) is 0 Å². The van der Waals surface area contributed by atoms with E-state index in [0.29, 0.717) is 17.5 Å². The number of ether oxygens (including phenoxy) is 1. The fraction of sp³-hybridized carbons (Fsp3) is 0.667. The molecule has 2 heteroatoms. The van der Waals surface area contributed by atoms with Crippen molar-refractivity contribution in [3.8, 4) is 0 Å². The summed E-state index contributed by atoms with van der Waals surface area (Å²) >= 11 is 0. The maximum Gasteiger partial charge on any atom is 0.0616 e. The molecule has 0 heterocycles. The summed E-state index contributed by atoms with van der Waals surface area (Å²) in [6, 6.07) is 9.78. The van der Waals surface area contributed by atoms with Crippen LogP contribution in [0, 0.1) is 5.41 Å². The maximum absolute atomic E-state index is 5.39. The topological polar surface area (TPSA) is 21.3 Å². The van der Waals surface area contributed by atoms with Gasteiger partial charge in [0, 0.05) is 19.2 Å². The summed E-state index contributed by atoms with van der Waals surface area (Å²) in [6.07, 6.45) is 4.80. The second-order valence-electron chi connectivity index (χ2n) is 6.73. The van der Waals surface area contributed by atoms with Crippen LogP contribution in [0.2, 0.25) is 0 Å². The molecular formula is C18H29NO. The lowest BCUT2D eigenvalue weighted by Gasteiger charge is -2.42. The van der Waals surface area contributed by atoms with Crippen molar-refractivity contribution in [3.05, 3.63) is 35.4 Å². The van der Waals surface area contributed by atoms with Gasteiger partial charge in [-0.3, -0.25) is 0 Å². The highest BCUT2D eigenvalue weighted by Gasteiger charge is 2.36. The van der Waals surface area contributed by atoms with E-state index in [0.717, 1.165) is 6.61 Å². The Kier molecular flexibility index (Phi) is 5.22. The first-order valence-electron chi connectivity index (χ1n) is 7.91. The minimum absolute atomic E-state index is 0.300. The van der Waals surface area contributed by atoms with Crippen LogP contribution < -0.4 is 5.32 Å². The Labute approximate surface area is 123 Å². The lowest BCUT2D eigenvalue weighted by molar-refractivity contribution is 0.126. The Morgan fingerprint density at radius 3 is 2.80 bits per heavy atom. The van der Waals surface area contributed by atoms with E-state index < -0.39 is 0 Å². The molecule has 1 N–H and O–H groups in total. The summed E-state index contributed by atoms with van der Waals surface area (Å²) in [7, 11) is 1.80. The number of nitrogens with one attached hydrogen (secondary N) is 1. The zero-order valence-corrected chi connectivity index (χ0v) is 13.4. The minimum atomic E-state index is 0.300. The molecule has 0 saturated carbocycles. The van der Waals surface area contributed by atoms with Crippen LogP contribution in [0.1, 0.15) is 57.2 Å². The normalized spacial score (nSPS) is 22.3. The van der Waals surface area contributed by atoms with Gasteiger partial charge in [0.25, 0.3) is 0 Å². The zero-order valence-electron chi connectivity index (χ0n) is 13.4. The highest BCUT2D eigenvalue weighted by atomic mass is 16.5. The van der Waals surface area contributed by atoms with Gasteiger partial charge in [0.1, 0.15) is 0 Å². The third kappa shape index (κ3) is 3.42. The molecule has 0 fully saturated rings. The Morgan fingerprint density at radius 2 is 2.10 bits per heavy atom. The number of aryl methyl sites for hydroxylation is 1. The van der Waals surface area contributed by atoms with Gasteiger partial charge in [-0.05, 0) is 35.8 Å². The number of methoxy groups -OCH3 is 1. The summed E-state index contributed by atoms with van der Waals surface area (Å²) in [5.74, 6) is 0. The molecule has 1 aliphatic rings. The molecule has 0 amide bonds. The van der Waals surface area contributed by atoms with E-state index in [4.69, 9.17) is 4.74 Å². The number of benzene rings is 1. The quantitative estimate of drug-likeness (QED) is 0.843. The van der Waals surface area contributed by atoms with Gasteiger partial charge in [-0.2, -0.15) is 0 Å². The zero-order chi connectivity index (χ0) is 14.6.